The van der Waals surface area contributed by atoms with Crippen LogP contribution in [0.5, 0.6) is 0 Å². The standard InChI is InChI=1S/C24H29N5O5S2/c30-10-9-29-15-21(27-28-29)22-14-25-24(35-22)26-23(31)20(13-16-7-11-34-12-8-16)17-1-3-18(4-2-17)36(32,33)19-5-6-19/h1-4,14-16,19-20,30H,5-13H2,(H,25,26,31)/t20-/m1/s1. The van der Waals surface area contributed by atoms with E-state index in [1.807, 2.05) is 0 Å². The first-order valence-corrected chi connectivity index (χ1v) is 14.5. The molecule has 10 nitrogen and oxygen atoms in total. The molecule has 2 fully saturated rings. The maximum atomic E-state index is 13.5. The molecule has 12 heteroatoms. The molecule has 1 atom stereocenters. The number of carbonyl (C=O) groups excluding carboxylic acids is 1. The van der Waals surface area contributed by atoms with Crippen LogP contribution in [-0.2, 0) is 25.9 Å². The summed E-state index contributed by atoms with van der Waals surface area (Å²) in [6.45, 7) is 1.69. The van der Waals surface area contributed by atoms with E-state index in [0.29, 0.717) is 60.7 Å². The van der Waals surface area contributed by atoms with E-state index < -0.39 is 15.8 Å². The van der Waals surface area contributed by atoms with Gasteiger partial charge < -0.3 is 15.2 Å². The molecule has 3 aromatic rings. The fourth-order valence-corrected chi connectivity index (χ4v) is 6.86. The van der Waals surface area contributed by atoms with Crippen molar-refractivity contribution in [1.29, 1.82) is 0 Å². The van der Waals surface area contributed by atoms with Crippen molar-refractivity contribution in [1.82, 2.24) is 20.0 Å². The van der Waals surface area contributed by atoms with Gasteiger partial charge in [0, 0.05) is 19.4 Å². The Balaban J connectivity index is 1.33. The highest BCUT2D eigenvalue weighted by Crippen LogP contribution is 2.36. The summed E-state index contributed by atoms with van der Waals surface area (Å²) in [5, 5.41) is 20.3. The van der Waals surface area contributed by atoms with E-state index in [1.54, 1.807) is 41.3 Å². The Morgan fingerprint density at radius 3 is 2.64 bits per heavy atom. The second kappa shape index (κ2) is 10.8. The molecule has 1 aromatic carbocycles. The van der Waals surface area contributed by atoms with Crippen LogP contribution in [0.3, 0.4) is 0 Å². The molecule has 1 amide bonds. The molecule has 192 valence electrons. The first-order valence-electron chi connectivity index (χ1n) is 12.1. The minimum Gasteiger partial charge on any atom is -0.394 e. The third-order valence-electron chi connectivity index (χ3n) is 6.66. The first kappa shape index (κ1) is 25.0. The van der Waals surface area contributed by atoms with Gasteiger partial charge in [-0.1, -0.05) is 28.7 Å². The lowest BCUT2D eigenvalue weighted by Crippen LogP contribution is -2.26. The normalized spacial score (nSPS) is 17.7. The number of hydrogen-bond donors (Lipinski definition) is 2. The van der Waals surface area contributed by atoms with Crippen molar-refractivity contribution < 1.29 is 23.1 Å². The van der Waals surface area contributed by atoms with Gasteiger partial charge in [0.1, 0.15) is 5.69 Å². The zero-order valence-corrected chi connectivity index (χ0v) is 21.4. The fraction of sp³-hybridized carbons (Fsp3) is 0.500. The van der Waals surface area contributed by atoms with Crippen molar-refractivity contribution in [3.63, 3.8) is 0 Å². The predicted molar refractivity (Wildman–Crippen MR) is 134 cm³/mol. The number of rotatable bonds is 10. The number of nitrogens with zero attached hydrogens (tertiary/aromatic N) is 4. The van der Waals surface area contributed by atoms with Crippen LogP contribution in [0.1, 0.15) is 43.6 Å². The number of aromatic nitrogens is 4. The third kappa shape index (κ3) is 5.66. The lowest BCUT2D eigenvalue weighted by molar-refractivity contribution is -0.118. The van der Waals surface area contributed by atoms with Gasteiger partial charge in [0.2, 0.25) is 5.91 Å². The van der Waals surface area contributed by atoms with Gasteiger partial charge in [-0.15, -0.1) is 5.10 Å². The van der Waals surface area contributed by atoms with E-state index in [2.05, 4.69) is 20.6 Å². The Hall–Kier alpha value is -2.67. The molecule has 2 N–H and O–H groups in total. The molecule has 5 rings (SSSR count). The van der Waals surface area contributed by atoms with Crippen LogP contribution in [0.4, 0.5) is 5.13 Å². The zero-order chi connectivity index (χ0) is 25.1. The molecular weight excluding hydrogens is 502 g/mol. The number of carbonyl (C=O) groups is 1. The van der Waals surface area contributed by atoms with Gasteiger partial charge in [-0.3, -0.25) is 4.79 Å². The van der Waals surface area contributed by atoms with E-state index >= 15 is 0 Å². The second-order valence-electron chi connectivity index (χ2n) is 9.27. The van der Waals surface area contributed by atoms with Crippen molar-refractivity contribution in [2.45, 2.75) is 54.7 Å². The van der Waals surface area contributed by atoms with Crippen LogP contribution in [-0.4, -0.2) is 64.5 Å². The highest BCUT2D eigenvalue weighted by molar-refractivity contribution is 7.92. The van der Waals surface area contributed by atoms with Crippen molar-refractivity contribution in [2.75, 3.05) is 25.1 Å². The van der Waals surface area contributed by atoms with Gasteiger partial charge in [-0.25, -0.2) is 18.1 Å². The quantitative estimate of drug-likeness (QED) is 0.408. The average molecular weight is 532 g/mol. The number of anilines is 1. The summed E-state index contributed by atoms with van der Waals surface area (Å²) in [6.07, 6.45) is 7.22. The largest absolute Gasteiger partial charge is 0.394 e. The molecule has 0 spiro atoms. The fourth-order valence-electron chi connectivity index (χ4n) is 4.44. The van der Waals surface area contributed by atoms with Gasteiger partial charge in [-0.2, -0.15) is 0 Å². The molecule has 2 aromatic heterocycles. The van der Waals surface area contributed by atoms with Crippen LogP contribution < -0.4 is 5.32 Å². The van der Waals surface area contributed by atoms with E-state index in [0.717, 1.165) is 23.3 Å². The summed E-state index contributed by atoms with van der Waals surface area (Å²) in [6, 6.07) is 6.80. The molecule has 1 saturated heterocycles. The molecule has 1 aliphatic carbocycles. The molecular formula is C24H29N5O5S2. The number of nitrogens with one attached hydrogen (secondary N) is 1. The maximum absolute atomic E-state index is 13.5. The van der Waals surface area contributed by atoms with Crippen LogP contribution in [0.2, 0.25) is 0 Å². The molecule has 0 radical (unpaired) electrons. The number of benzene rings is 1. The molecule has 0 unspecified atom stereocenters. The predicted octanol–water partition coefficient (Wildman–Crippen LogP) is 2.87. The lowest BCUT2D eigenvalue weighted by Gasteiger charge is -2.26. The molecule has 3 heterocycles. The Bertz CT molecular complexity index is 1290. The second-order valence-corrected chi connectivity index (χ2v) is 12.5. The maximum Gasteiger partial charge on any atom is 0.233 e. The van der Waals surface area contributed by atoms with Crippen LogP contribution in [0, 0.1) is 5.92 Å². The summed E-state index contributed by atoms with van der Waals surface area (Å²) < 4.78 is 32.2. The Kier molecular flexibility index (Phi) is 7.47. The van der Waals surface area contributed by atoms with Crippen molar-refractivity contribution in [2.24, 2.45) is 5.92 Å². The SMILES string of the molecule is O=C(Nc1ncc(-c2cn(CCO)nn2)s1)[C@H](CC1CCOCC1)c1ccc(S(=O)(=O)C2CC2)cc1. The monoisotopic (exact) mass is 531 g/mol. The minimum atomic E-state index is -3.28. The number of aliphatic hydroxyl groups excluding tert-OH is 1. The van der Waals surface area contributed by atoms with Crippen LogP contribution >= 0.6 is 11.3 Å². The number of hydrogen-bond acceptors (Lipinski definition) is 9. The van der Waals surface area contributed by atoms with E-state index in [-0.39, 0.29) is 17.8 Å². The Morgan fingerprint density at radius 1 is 1.19 bits per heavy atom. The topological polar surface area (TPSA) is 136 Å². The minimum absolute atomic E-state index is 0.0329. The molecule has 36 heavy (non-hydrogen) atoms. The summed E-state index contributed by atoms with van der Waals surface area (Å²) in [7, 11) is -3.28. The van der Waals surface area contributed by atoms with Crippen LogP contribution in [0.15, 0.2) is 41.6 Å². The van der Waals surface area contributed by atoms with Crippen molar-refractivity contribution in [3.8, 4) is 10.6 Å². The highest BCUT2D eigenvalue weighted by Gasteiger charge is 2.37. The van der Waals surface area contributed by atoms with E-state index in [1.165, 1.54) is 11.3 Å². The van der Waals surface area contributed by atoms with Gasteiger partial charge in [0.15, 0.2) is 15.0 Å². The highest BCUT2D eigenvalue weighted by atomic mass is 32.2. The van der Waals surface area contributed by atoms with Crippen molar-refractivity contribution in [3.05, 3.63) is 42.2 Å². The Labute approximate surface area is 213 Å². The van der Waals surface area contributed by atoms with Crippen LogP contribution in [0.25, 0.3) is 10.6 Å². The zero-order valence-electron chi connectivity index (χ0n) is 19.7. The van der Waals surface area contributed by atoms with E-state index in [9.17, 15) is 13.2 Å². The van der Waals surface area contributed by atoms with Crippen molar-refractivity contribution >= 4 is 32.2 Å². The number of ether oxygens (including phenoxy) is 1. The number of thiazole rings is 1. The molecule has 1 aliphatic heterocycles. The smallest absolute Gasteiger partial charge is 0.233 e. The molecule has 2 aliphatic rings. The first-order chi connectivity index (χ1) is 17.4. The number of aliphatic hydroxyl groups is 1. The molecule has 0 bridgehead atoms. The van der Waals surface area contributed by atoms with Gasteiger partial charge in [0.05, 0.1) is 40.3 Å². The third-order valence-corrected chi connectivity index (χ3v) is 9.87. The average Bonchev–Trinajstić information content (AvgIpc) is 3.50. The number of amides is 1. The number of sulfone groups is 1. The molecule has 1 saturated carbocycles. The summed E-state index contributed by atoms with van der Waals surface area (Å²) in [5.74, 6) is -0.273. The van der Waals surface area contributed by atoms with Gasteiger partial charge >= 0.3 is 0 Å². The lowest BCUT2D eigenvalue weighted by atomic mass is 9.84. The summed E-state index contributed by atoms with van der Waals surface area (Å²) in [4.78, 5) is 18.9. The van der Waals surface area contributed by atoms with Gasteiger partial charge in [0.25, 0.3) is 0 Å². The van der Waals surface area contributed by atoms with E-state index in [4.69, 9.17) is 9.84 Å². The Morgan fingerprint density at radius 2 is 1.94 bits per heavy atom. The van der Waals surface area contributed by atoms with Gasteiger partial charge in [-0.05, 0) is 55.7 Å². The summed E-state index contributed by atoms with van der Waals surface area (Å²) in [5.41, 5.74) is 1.41. The summed E-state index contributed by atoms with van der Waals surface area (Å²) >= 11 is 1.30.